The van der Waals surface area contributed by atoms with Crippen LogP contribution in [0.5, 0.6) is 0 Å². The highest BCUT2D eigenvalue weighted by Gasteiger charge is 2.31. The van der Waals surface area contributed by atoms with Crippen LogP contribution in [0.2, 0.25) is 0 Å². The van der Waals surface area contributed by atoms with E-state index in [2.05, 4.69) is 22.2 Å². The first kappa shape index (κ1) is 19.2. The molecule has 2 unspecified atom stereocenters. The Labute approximate surface area is 147 Å². The van der Waals surface area contributed by atoms with Crippen LogP contribution in [-0.4, -0.2) is 91.4 Å². The largest absolute Gasteiger partial charge is 0.380 e. The van der Waals surface area contributed by atoms with Crippen LogP contribution in [0.25, 0.3) is 0 Å². The standard InChI is InChI=1S/C17H26N4O4/c1-19(2)17(25)15(23)14(22)16(24)18-12-4-6-13(7-5-12)21-10-8-20(3)9-11-21/h4-7,14-15,22-23H,8-11H2,1-3H3,(H,18,24). The van der Waals surface area contributed by atoms with Gasteiger partial charge in [-0.1, -0.05) is 0 Å². The second kappa shape index (κ2) is 8.28. The van der Waals surface area contributed by atoms with Gasteiger partial charge in [0.2, 0.25) is 0 Å². The van der Waals surface area contributed by atoms with Gasteiger partial charge in [-0.2, -0.15) is 0 Å². The highest BCUT2D eigenvalue weighted by Crippen LogP contribution is 2.19. The van der Waals surface area contributed by atoms with Gasteiger partial charge in [-0.25, -0.2) is 0 Å². The minimum Gasteiger partial charge on any atom is -0.380 e. The Bertz CT molecular complexity index is 597. The molecule has 1 aliphatic heterocycles. The van der Waals surface area contributed by atoms with Crippen molar-refractivity contribution < 1.29 is 19.8 Å². The number of anilines is 2. The Morgan fingerprint density at radius 3 is 2.12 bits per heavy atom. The molecule has 2 rings (SSSR count). The molecule has 1 heterocycles. The van der Waals surface area contributed by atoms with Crippen molar-refractivity contribution in [3.8, 4) is 0 Å². The molecule has 1 aromatic carbocycles. The van der Waals surface area contributed by atoms with Crippen molar-refractivity contribution in [3.05, 3.63) is 24.3 Å². The molecule has 25 heavy (non-hydrogen) atoms. The van der Waals surface area contributed by atoms with Crippen LogP contribution >= 0.6 is 0 Å². The minimum atomic E-state index is -1.83. The molecule has 1 aromatic rings. The number of likely N-dealkylation sites (N-methyl/N-ethyl adjacent to an activating group) is 2. The summed E-state index contributed by atoms with van der Waals surface area (Å²) >= 11 is 0. The monoisotopic (exact) mass is 350 g/mol. The molecule has 0 aromatic heterocycles. The first-order valence-corrected chi connectivity index (χ1v) is 8.21. The zero-order chi connectivity index (χ0) is 18.6. The molecule has 1 aliphatic rings. The number of nitrogens with zero attached hydrogens (tertiary/aromatic N) is 3. The Hall–Kier alpha value is -2.16. The number of aliphatic hydroxyl groups excluding tert-OH is 2. The number of hydrogen-bond donors (Lipinski definition) is 3. The predicted octanol–water partition coefficient (Wildman–Crippen LogP) is -0.813. The fraction of sp³-hybridized carbons (Fsp3) is 0.529. The molecule has 1 saturated heterocycles. The molecule has 0 bridgehead atoms. The summed E-state index contributed by atoms with van der Waals surface area (Å²) in [5, 5.41) is 22.1. The van der Waals surface area contributed by atoms with Crippen LogP contribution in [-0.2, 0) is 9.59 Å². The van der Waals surface area contributed by atoms with Crippen LogP contribution in [0.3, 0.4) is 0 Å². The third kappa shape index (κ3) is 4.91. The fourth-order valence-electron chi connectivity index (χ4n) is 2.58. The highest BCUT2D eigenvalue weighted by atomic mass is 16.3. The molecule has 8 nitrogen and oxygen atoms in total. The number of aliphatic hydroxyl groups is 2. The summed E-state index contributed by atoms with van der Waals surface area (Å²) in [5.74, 6) is -1.55. The Balaban J connectivity index is 1.94. The first-order chi connectivity index (χ1) is 11.8. The lowest BCUT2D eigenvalue weighted by atomic mass is 10.1. The molecule has 8 heteroatoms. The average molecular weight is 350 g/mol. The van der Waals surface area contributed by atoms with Crippen LogP contribution in [0.1, 0.15) is 0 Å². The van der Waals surface area contributed by atoms with Gasteiger partial charge in [0.25, 0.3) is 11.8 Å². The summed E-state index contributed by atoms with van der Waals surface area (Å²) in [7, 11) is 4.97. The van der Waals surface area contributed by atoms with Crippen LogP contribution in [0.15, 0.2) is 24.3 Å². The third-order valence-electron chi connectivity index (χ3n) is 4.26. The molecular formula is C17H26N4O4. The number of rotatable bonds is 5. The lowest BCUT2D eigenvalue weighted by Crippen LogP contribution is -2.47. The molecule has 0 spiro atoms. The highest BCUT2D eigenvalue weighted by molar-refractivity contribution is 5.98. The van der Waals surface area contributed by atoms with Crippen molar-refractivity contribution in [1.82, 2.24) is 9.80 Å². The van der Waals surface area contributed by atoms with Crippen molar-refractivity contribution in [2.75, 3.05) is 57.5 Å². The van der Waals surface area contributed by atoms with E-state index in [1.807, 2.05) is 12.1 Å². The van der Waals surface area contributed by atoms with E-state index in [0.717, 1.165) is 36.8 Å². The first-order valence-electron chi connectivity index (χ1n) is 8.21. The summed E-state index contributed by atoms with van der Waals surface area (Å²) in [6, 6.07) is 7.26. The predicted molar refractivity (Wildman–Crippen MR) is 95.5 cm³/mol. The zero-order valence-electron chi connectivity index (χ0n) is 14.8. The molecule has 1 fully saturated rings. The number of nitrogens with one attached hydrogen (secondary N) is 1. The minimum absolute atomic E-state index is 0.492. The number of carbonyl (C=O) groups is 2. The van der Waals surface area contributed by atoms with E-state index in [-0.39, 0.29) is 0 Å². The maximum absolute atomic E-state index is 12.0. The van der Waals surface area contributed by atoms with E-state index < -0.39 is 24.0 Å². The van der Waals surface area contributed by atoms with Crippen LogP contribution < -0.4 is 10.2 Å². The average Bonchev–Trinajstić information content (AvgIpc) is 2.61. The smallest absolute Gasteiger partial charge is 0.256 e. The summed E-state index contributed by atoms with van der Waals surface area (Å²) in [4.78, 5) is 29.3. The maximum Gasteiger partial charge on any atom is 0.256 e. The molecule has 138 valence electrons. The van der Waals surface area contributed by atoms with Gasteiger partial charge in [0.15, 0.2) is 12.2 Å². The molecular weight excluding hydrogens is 324 g/mol. The zero-order valence-corrected chi connectivity index (χ0v) is 14.8. The van der Waals surface area contributed by atoms with Gasteiger partial charge in [-0.3, -0.25) is 9.59 Å². The number of piperazine rings is 1. The van der Waals surface area contributed by atoms with Crippen molar-refractivity contribution in [1.29, 1.82) is 0 Å². The second-order valence-corrected chi connectivity index (χ2v) is 6.45. The van der Waals surface area contributed by atoms with Gasteiger partial charge in [-0.15, -0.1) is 0 Å². The van der Waals surface area contributed by atoms with E-state index >= 15 is 0 Å². The number of amides is 2. The summed E-state index contributed by atoms with van der Waals surface area (Å²) < 4.78 is 0. The van der Waals surface area contributed by atoms with Crippen molar-refractivity contribution >= 4 is 23.2 Å². The van der Waals surface area contributed by atoms with Gasteiger partial charge in [-0.05, 0) is 31.3 Å². The third-order valence-corrected chi connectivity index (χ3v) is 4.26. The van der Waals surface area contributed by atoms with Gasteiger partial charge in [0, 0.05) is 51.6 Å². The molecule has 3 N–H and O–H groups in total. The lowest BCUT2D eigenvalue weighted by molar-refractivity contribution is -0.149. The normalized spacial score (nSPS) is 17.7. The van der Waals surface area contributed by atoms with Gasteiger partial charge in [0.05, 0.1) is 0 Å². The maximum atomic E-state index is 12.0. The van der Waals surface area contributed by atoms with E-state index in [9.17, 15) is 19.8 Å². The molecule has 0 radical (unpaired) electrons. The summed E-state index contributed by atoms with van der Waals surface area (Å²) in [6.07, 6.45) is -3.62. The van der Waals surface area contributed by atoms with Crippen molar-refractivity contribution in [3.63, 3.8) is 0 Å². The topological polar surface area (TPSA) is 96.4 Å². The summed E-state index contributed by atoms with van der Waals surface area (Å²) in [6.45, 7) is 3.89. The van der Waals surface area contributed by atoms with Crippen molar-refractivity contribution in [2.45, 2.75) is 12.2 Å². The fourth-order valence-corrected chi connectivity index (χ4v) is 2.58. The van der Waals surface area contributed by atoms with E-state index in [0.29, 0.717) is 5.69 Å². The molecule has 2 amide bonds. The number of carbonyl (C=O) groups excluding carboxylic acids is 2. The molecule has 0 aliphatic carbocycles. The lowest BCUT2D eigenvalue weighted by Gasteiger charge is -2.34. The van der Waals surface area contributed by atoms with Crippen LogP contribution in [0.4, 0.5) is 11.4 Å². The number of hydrogen-bond acceptors (Lipinski definition) is 6. The summed E-state index contributed by atoms with van der Waals surface area (Å²) in [5.41, 5.74) is 1.56. The van der Waals surface area contributed by atoms with E-state index in [1.54, 1.807) is 12.1 Å². The van der Waals surface area contributed by atoms with Gasteiger partial charge < -0.3 is 30.2 Å². The van der Waals surface area contributed by atoms with Crippen molar-refractivity contribution in [2.24, 2.45) is 0 Å². The Kier molecular flexibility index (Phi) is 6.35. The second-order valence-electron chi connectivity index (χ2n) is 6.45. The van der Waals surface area contributed by atoms with E-state index in [4.69, 9.17) is 0 Å². The SMILES string of the molecule is CN1CCN(c2ccc(NC(=O)C(O)C(O)C(=O)N(C)C)cc2)CC1. The van der Waals surface area contributed by atoms with Gasteiger partial charge in [0.1, 0.15) is 0 Å². The molecule has 2 atom stereocenters. The Morgan fingerprint density at radius 2 is 1.60 bits per heavy atom. The quantitative estimate of drug-likeness (QED) is 0.643. The molecule has 0 saturated carbocycles. The Morgan fingerprint density at radius 1 is 1.04 bits per heavy atom. The van der Waals surface area contributed by atoms with E-state index in [1.165, 1.54) is 14.1 Å². The van der Waals surface area contributed by atoms with Gasteiger partial charge >= 0.3 is 0 Å². The number of benzene rings is 1. The van der Waals surface area contributed by atoms with Crippen LogP contribution in [0, 0.1) is 0 Å².